The van der Waals surface area contributed by atoms with Crippen molar-refractivity contribution in [1.82, 2.24) is 25.0 Å². The van der Waals surface area contributed by atoms with Crippen molar-refractivity contribution in [3.05, 3.63) is 47.3 Å². The van der Waals surface area contributed by atoms with Gasteiger partial charge in [0, 0.05) is 45.1 Å². The summed E-state index contributed by atoms with van der Waals surface area (Å²) in [5.74, 6) is 2.21. The maximum atomic E-state index is 13.6. The lowest BCUT2D eigenvalue weighted by atomic mass is 9.82. The van der Waals surface area contributed by atoms with E-state index in [0.29, 0.717) is 19.0 Å². The molecule has 1 aromatic heterocycles. The summed E-state index contributed by atoms with van der Waals surface area (Å²) in [7, 11) is 0. The van der Waals surface area contributed by atoms with Crippen LogP contribution in [0.4, 0.5) is 4.39 Å². The third kappa shape index (κ3) is 3.55. The second kappa shape index (κ2) is 7.62. The van der Waals surface area contributed by atoms with Gasteiger partial charge in [0.15, 0.2) is 0 Å². The van der Waals surface area contributed by atoms with Gasteiger partial charge in [-0.2, -0.15) is 0 Å². The molecule has 6 nitrogen and oxygen atoms in total. The fraction of sp³-hybridized carbons (Fsp3) is 0.571. The zero-order chi connectivity index (χ0) is 19.7. The lowest BCUT2D eigenvalue weighted by Gasteiger charge is -2.37. The Kier molecular flexibility index (Phi) is 5.19. The molecular weight excluding hydrogens is 357 g/mol. The molecule has 4 rings (SSSR count). The number of nitrogens with one attached hydrogen (secondary N) is 1. The Bertz CT molecular complexity index is 854. The molecule has 1 aromatic carbocycles. The number of aromatic nitrogens is 3. The molecule has 1 N–H and O–H groups in total. The molecule has 1 saturated heterocycles. The van der Waals surface area contributed by atoms with Crippen LogP contribution in [0.5, 0.6) is 0 Å². The molecule has 0 atom stereocenters. The average molecular weight is 385 g/mol. The van der Waals surface area contributed by atoms with E-state index in [2.05, 4.69) is 20.1 Å². The number of benzene rings is 1. The van der Waals surface area contributed by atoms with Crippen LogP contribution >= 0.6 is 0 Å². The molecule has 28 heavy (non-hydrogen) atoms. The van der Waals surface area contributed by atoms with E-state index in [1.807, 2.05) is 24.8 Å². The minimum absolute atomic E-state index is 0.0563. The Morgan fingerprint density at radius 2 is 1.96 bits per heavy atom. The van der Waals surface area contributed by atoms with Gasteiger partial charge >= 0.3 is 0 Å². The fourth-order valence-corrected chi connectivity index (χ4v) is 4.33. The molecule has 150 valence electrons. The van der Waals surface area contributed by atoms with Crippen LogP contribution in [0.25, 0.3) is 0 Å². The van der Waals surface area contributed by atoms with Crippen LogP contribution in [-0.4, -0.2) is 51.8 Å². The quantitative estimate of drug-likeness (QED) is 0.880. The van der Waals surface area contributed by atoms with Crippen molar-refractivity contribution in [3.8, 4) is 0 Å². The van der Waals surface area contributed by atoms with Crippen LogP contribution in [0, 0.1) is 5.82 Å². The number of hydrogen-bond acceptors (Lipinski definition) is 4. The molecule has 0 aliphatic carbocycles. The van der Waals surface area contributed by atoms with Gasteiger partial charge in [0.2, 0.25) is 5.91 Å². The number of carbonyl (C=O) groups excluding carboxylic acids is 1. The normalized spacial score (nSPS) is 18.6. The highest BCUT2D eigenvalue weighted by Crippen LogP contribution is 2.32. The first-order chi connectivity index (χ1) is 13.5. The van der Waals surface area contributed by atoms with Crippen LogP contribution in [0.3, 0.4) is 0 Å². The van der Waals surface area contributed by atoms with Crippen molar-refractivity contribution in [1.29, 1.82) is 0 Å². The Morgan fingerprint density at radius 1 is 1.18 bits per heavy atom. The highest BCUT2D eigenvalue weighted by molar-refractivity contribution is 5.87. The van der Waals surface area contributed by atoms with E-state index in [-0.39, 0.29) is 11.7 Å². The van der Waals surface area contributed by atoms with Gasteiger partial charge < -0.3 is 14.8 Å². The van der Waals surface area contributed by atoms with Gasteiger partial charge in [-0.05, 0) is 44.4 Å². The van der Waals surface area contributed by atoms with E-state index < -0.39 is 5.41 Å². The van der Waals surface area contributed by atoms with Gasteiger partial charge in [-0.25, -0.2) is 4.39 Å². The van der Waals surface area contributed by atoms with E-state index in [0.717, 1.165) is 56.1 Å². The van der Waals surface area contributed by atoms with Crippen molar-refractivity contribution in [2.24, 2.45) is 0 Å². The Balaban J connectivity index is 1.44. The van der Waals surface area contributed by atoms with Crippen molar-refractivity contribution in [3.63, 3.8) is 0 Å². The standard InChI is InChI=1S/C21H28FN5O/c1-21(2,16-4-3-5-17(22)14-16)20(28)26-11-7-15(8-12-26)19-25-24-18-6-9-23-10-13-27(18)19/h3-5,14-15,23H,6-13H2,1-2H3. The molecule has 2 aromatic rings. The summed E-state index contributed by atoms with van der Waals surface area (Å²) >= 11 is 0. The fourth-order valence-electron chi connectivity index (χ4n) is 4.33. The largest absolute Gasteiger partial charge is 0.342 e. The van der Waals surface area contributed by atoms with Crippen molar-refractivity contribution >= 4 is 5.91 Å². The van der Waals surface area contributed by atoms with Gasteiger partial charge in [0.25, 0.3) is 0 Å². The SMILES string of the molecule is CC(C)(C(=O)N1CCC(c2nnc3n2CCNCC3)CC1)c1cccc(F)c1. The number of nitrogens with zero attached hydrogens (tertiary/aromatic N) is 4. The molecule has 2 aliphatic heterocycles. The lowest BCUT2D eigenvalue weighted by Crippen LogP contribution is -2.47. The predicted molar refractivity (Wildman–Crippen MR) is 105 cm³/mol. The molecule has 1 amide bonds. The van der Waals surface area contributed by atoms with Gasteiger partial charge in [-0.1, -0.05) is 12.1 Å². The Morgan fingerprint density at radius 3 is 2.71 bits per heavy atom. The Hall–Kier alpha value is -2.28. The molecule has 0 radical (unpaired) electrons. The molecule has 1 fully saturated rings. The molecule has 2 aliphatic rings. The minimum Gasteiger partial charge on any atom is -0.342 e. The molecule has 0 saturated carbocycles. The second-order valence-electron chi connectivity index (χ2n) is 8.33. The number of amides is 1. The number of rotatable bonds is 3. The third-order valence-electron chi connectivity index (χ3n) is 6.12. The number of halogens is 1. The third-order valence-corrected chi connectivity index (χ3v) is 6.12. The summed E-state index contributed by atoms with van der Waals surface area (Å²) < 4.78 is 15.9. The maximum Gasteiger partial charge on any atom is 0.232 e. The minimum atomic E-state index is -0.744. The lowest BCUT2D eigenvalue weighted by molar-refractivity contribution is -0.137. The van der Waals surface area contributed by atoms with Gasteiger partial charge in [0.1, 0.15) is 17.5 Å². The number of carbonyl (C=O) groups is 1. The van der Waals surface area contributed by atoms with Crippen LogP contribution in [0.15, 0.2) is 24.3 Å². The van der Waals surface area contributed by atoms with Gasteiger partial charge in [0.05, 0.1) is 5.41 Å². The van der Waals surface area contributed by atoms with E-state index in [1.54, 1.807) is 6.07 Å². The summed E-state index contributed by atoms with van der Waals surface area (Å²) in [5.41, 5.74) is -0.0260. The summed E-state index contributed by atoms with van der Waals surface area (Å²) in [6.07, 6.45) is 2.68. The summed E-state index contributed by atoms with van der Waals surface area (Å²) in [5, 5.41) is 12.3. The topological polar surface area (TPSA) is 63.1 Å². The van der Waals surface area contributed by atoms with Crippen LogP contribution in [0.1, 0.15) is 49.8 Å². The van der Waals surface area contributed by atoms with E-state index in [4.69, 9.17) is 0 Å². The molecule has 0 unspecified atom stereocenters. The number of piperidine rings is 1. The van der Waals surface area contributed by atoms with Crippen molar-refractivity contribution in [2.45, 2.75) is 51.0 Å². The van der Waals surface area contributed by atoms with E-state index in [9.17, 15) is 9.18 Å². The zero-order valence-corrected chi connectivity index (χ0v) is 16.6. The van der Waals surface area contributed by atoms with Crippen LogP contribution in [-0.2, 0) is 23.2 Å². The predicted octanol–water partition coefficient (Wildman–Crippen LogP) is 2.25. The van der Waals surface area contributed by atoms with E-state index >= 15 is 0 Å². The first kappa shape index (κ1) is 19.1. The smallest absolute Gasteiger partial charge is 0.232 e. The first-order valence-corrected chi connectivity index (χ1v) is 10.1. The van der Waals surface area contributed by atoms with E-state index in [1.165, 1.54) is 12.1 Å². The number of likely N-dealkylation sites (tertiary alicyclic amines) is 1. The van der Waals surface area contributed by atoms with Crippen molar-refractivity contribution in [2.75, 3.05) is 26.2 Å². The van der Waals surface area contributed by atoms with Crippen LogP contribution in [0.2, 0.25) is 0 Å². The number of hydrogen-bond donors (Lipinski definition) is 1. The van der Waals surface area contributed by atoms with Crippen LogP contribution < -0.4 is 5.32 Å². The molecule has 0 spiro atoms. The molecule has 0 bridgehead atoms. The van der Waals surface area contributed by atoms with Gasteiger partial charge in [-0.3, -0.25) is 4.79 Å². The van der Waals surface area contributed by atoms with Gasteiger partial charge in [-0.15, -0.1) is 10.2 Å². The Labute approximate surface area is 165 Å². The van der Waals surface area contributed by atoms with Crippen molar-refractivity contribution < 1.29 is 9.18 Å². The summed E-state index contributed by atoms with van der Waals surface area (Å²) in [6, 6.07) is 6.36. The molecule has 7 heteroatoms. The zero-order valence-electron chi connectivity index (χ0n) is 16.6. The molecular formula is C21H28FN5O. The second-order valence-corrected chi connectivity index (χ2v) is 8.33. The summed E-state index contributed by atoms with van der Waals surface area (Å²) in [4.78, 5) is 15.1. The average Bonchev–Trinajstić information content (AvgIpc) is 2.95. The maximum absolute atomic E-state index is 13.6. The number of fused-ring (bicyclic) bond motifs is 1. The molecule has 3 heterocycles. The highest BCUT2D eigenvalue weighted by atomic mass is 19.1. The monoisotopic (exact) mass is 385 g/mol. The summed E-state index contributed by atoms with van der Waals surface area (Å²) in [6.45, 7) is 7.94. The first-order valence-electron chi connectivity index (χ1n) is 10.1. The highest BCUT2D eigenvalue weighted by Gasteiger charge is 2.36.